The van der Waals surface area contributed by atoms with Gasteiger partial charge in [-0.05, 0) is 48.9 Å². The maximum atomic E-state index is 13.4. The predicted octanol–water partition coefficient (Wildman–Crippen LogP) is 4.21. The number of hydrogen-bond acceptors (Lipinski definition) is 6. The van der Waals surface area contributed by atoms with Gasteiger partial charge >= 0.3 is 0 Å². The van der Waals surface area contributed by atoms with Gasteiger partial charge in [0.1, 0.15) is 16.9 Å². The van der Waals surface area contributed by atoms with E-state index in [4.69, 9.17) is 4.74 Å². The Bertz CT molecular complexity index is 1520. The Labute approximate surface area is 208 Å². The lowest BCUT2D eigenvalue weighted by atomic mass is 10.1. The Morgan fingerprint density at radius 3 is 2.68 bits per heavy atom. The van der Waals surface area contributed by atoms with Crippen molar-refractivity contribution in [2.75, 3.05) is 18.1 Å². The summed E-state index contributed by atoms with van der Waals surface area (Å²) in [6.45, 7) is 6.76. The number of benzene rings is 2. The molecule has 7 nitrogen and oxygen atoms in total. The molecule has 0 aliphatic carbocycles. The van der Waals surface area contributed by atoms with Crippen LogP contribution < -0.4 is 19.7 Å². The van der Waals surface area contributed by atoms with E-state index < -0.39 is 0 Å². The molecule has 0 saturated heterocycles. The molecule has 5 rings (SSSR count). The van der Waals surface area contributed by atoms with Crippen molar-refractivity contribution in [3.63, 3.8) is 0 Å². The number of aromatic nitrogens is 3. The van der Waals surface area contributed by atoms with E-state index in [9.17, 15) is 9.59 Å². The van der Waals surface area contributed by atoms with E-state index in [1.165, 1.54) is 15.9 Å². The van der Waals surface area contributed by atoms with E-state index in [-0.39, 0.29) is 11.5 Å². The Balaban J connectivity index is 1.59. The number of fused-ring (bicyclic) bond motifs is 2. The third kappa shape index (κ3) is 3.84. The number of carbonyl (C=O) groups excluding carboxylic acids is 1. The third-order valence-electron chi connectivity index (χ3n) is 5.58. The van der Waals surface area contributed by atoms with E-state index >= 15 is 0 Å². The maximum absolute atomic E-state index is 13.4. The van der Waals surface area contributed by atoms with Gasteiger partial charge in [-0.1, -0.05) is 53.3 Å². The van der Waals surface area contributed by atoms with Crippen molar-refractivity contribution in [3.05, 3.63) is 80.0 Å². The summed E-state index contributed by atoms with van der Waals surface area (Å²) >= 11 is 4.69. The van der Waals surface area contributed by atoms with Crippen LogP contribution in [0.1, 0.15) is 25.3 Å². The van der Waals surface area contributed by atoms with Gasteiger partial charge in [0.25, 0.3) is 11.5 Å². The highest BCUT2D eigenvalue weighted by atomic mass is 79.9. The summed E-state index contributed by atoms with van der Waals surface area (Å²) in [5.41, 5.74) is 2.44. The van der Waals surface area contributed by atoms with Crippen LogP contribution in [0.2, 0.25) is 0 Å². The first-order valence-corrected chi connectivity index (χ1v) is 12.5. The number of amides is 1. The molecule has 2 aromatic heterocycles. The zero-order valence-electron chi connectivity index (χ0n) is 18.5. The monoisotopic (exact) mass is 536 g/mol. The van der Waals surface area contributed by atoms with E-state index in [0.717, 1.165) is 34.1 Å². The van der Waals surface area contributed by atoms with E-state index in [2.05, 4.69) is 39.5 Å². The van der Waals surface area contributed by atoms with Crippen LogP contribution in [0.5, 0.6) is 5.75 Å². The lowest BCUT2D eigenvalue weighted by Gasteiger charge is -2.16. The minimum absolute atomic E-state index is 0.154. The largest absolute Gasteiger partial charge is 0.490 e. The molecule has 172 valence electrons. The second-order valence-corrected chi connectivity index (χ2v) is 9.73. The zero-order chi connectivity index (χ0) is 23.8. The van der Waals surface area contributed by atoms with Crippen LogP contribution >= 0.6 is 27.3 Å². The van der Waals surface area contributed by atoms with Crippen LogP contribution in [0.4, 0.5) is 5.69 Å². The molecule has 9 heteroatoms. The van der Waals surface area contributed by atoms with Crippen molar-refractivity contribution >= 4 is 49.4 Å². The van der Waals surface area contributed by atoms with E-state index in [1.54, 1.807) is 11.0 Å². The van der Waals surface area contributed by atoms with E-state index in [1.807, 2.05) is 42.5 Å². The Kier molecular flexibility index (Phi) is 6.05. The predicted molar refractivity (Wildman–Crippen MR) is 137 cm³/mol. The highest BCUT2D eigenvalue weighted by Gasteiger charge is 2.34. The normalized spacial score (nSPS) is 14.6. The van der Waals surface area contributed by atoms with Gasteiger partial charge in [-0.25, -0.2) is 0 Å². The average molecular weight is 537 g/mol. The molecule has 0 N–H and O–H groups in total. The fourth-order valence-corrected chi connectivity index (χ4v) is 5.28. The van der Waals surface area contributed by atoms with Crippen molar-refractivity contribution < 1.29 is 9.53 Å². The molecule has 0 atom stereocenters. The molecule has 0 saturated carbocycles. The summed E-state index contributed by atoms with van der Waals surface area (Å²) in [4.78, 5) is 33.5. The van der Waals surface area contributed by atoms with Gasteiger partial charge < -0.3 is 9.64 Å². The summed E-state index contributed by atoms with van der Waals surface area (Å²) in [5.74, 6) is 1.00. The molecule has 34 heavy (non-hydrogen) atoms. The number of unbranched alkanes of at least 4 members (excludes halogenated alkanes) is 1. The molecule has 0 bridgehead atoms. The van der Waals surface area contributed by atoms with Gasteiger partial charge in [-0.2, -0.15) is 9.50 Å². The van der Waals surface area contributed by atoms with Crippen LogP contribution in [0.3, 0.4) is 0 Å². The van der Waals surface area contributed by atoms with Crippen molar-refractivity contribution in [1.29, 1.82) is 0 Å². The van der Waals surface area contributed by atoms with Gasteiger partial charge in [0, 0.05) is 22.1 Å². The van der Waals surface area contributed by atoms with Crippen LogP contribution in [0.25, 0.3) is 21.9 Å². The maximum Gasteiger partial charge on any atom is 0.291 e. The van der Waals surface area contributed by atoms with Crippen molar-refractivity contribution in [2.24, 2.45) is 0 Å². The molecule has 1 aliphatic rings. The lowest BCUT2D eigenvalue weighted by Crippen LogP contribution is -2.33. The Hall–Kier alpha value is -3.30. The van der Waals surface area contributed by atoms with Gasteiger partial charge in [0.2, 0.25) is 4.96 Å². The standard InChI is InChI=1S/C25H21BrN4O3S/c1-3-5-12-29-19-11-8-16(26)14-18(19)20(23(29)31)21-24(32)30-25(34-21)27-22(28-30)15-6-9-17(10-7-15)33-13-4-2/h4,6-11,14H,2-3,5,12-13H2,1H3. The SMILES string of the molecule is C=CCOc1ccc(-c2nc3sc(=C4C(=O)N(CCCC)c5ccc(Br)cc54)c(=O)n3n2)cc1. The van der Waals surface area contributed by atoms with Crippen molar-refractivity contribution in [1.82, 2.24) is 14.6 Å². The quantitative estimate of drug-likeness (QED) is 0.330. The number of halogens is 1. The Morgan fingerprint density at radius 2 is 1.97 bits per heavy atom. The summed E-state index contributed by atoms with van der Waals surface area (Å²) in [5, 5.41) is 4.43. The fourth-order valence-electron chi connectivity index (χ4n) is 3.92. The average Bonchev–Trinajstić information content (AvgIpc) is 3.47. The number of nitrogens with zero attached hydrogens (tertiary/aromatic N) is 4. The molecule has 0 unspecified atom stereocenters. The Morgan fingerprint density at radius 1 is 1.18 bits per heavy atom. The van der Waals surface area contributed by atoms with Crippen LogP contribution in [0, 0.1) is 0 Å². The number of thiazole rings is 1. The molecule has 3 heterocycles. The number of carbonyl (C=O) groups is 1. The van der Waals surface area contributed by atoms with Crippen LogP contribution in [-0.2, 0) is 4.79 Å². The van der Waals surface area contributed by atoms with Gasteiger partial charge in [-0.15, -0.1) is 5.10 Å². The van der Waals surface area contributed by atoms with Crippen LogP contribution in [0.15, 0.2) is 64.4 Å². The molecule has 2 aromatic carbocycles. The number of ether oxygens (including phenoxy) is 1. The minimum Gasteiger partial charge on any atom is -0.490 e. The molecule has 1 amide bonds. The van der Waals surface area contributed by atoms with Crippen molar-refractivity contribution in [3.8, 4) is 17.1 Å². The highest BCUT2D eigenvalue weighted by molar-refractivity contribution is 9.10. The molecular formula is C25H21BrN4O3S. The number of hydrogen-bond donors (Lipinski definition) is 0. The van der Waals surface area contributed by atoms with Gasteiger partial charge in [0.05, 0.1) is 11.3 Å². The first-order chi connectivity index (χ1) is 16.5. The number of rotatable bonds is 7. The molecular weight excluding hydrogens is 516 g/mol. The first kappa shape index (κ1) is 22.5. The smallest absolute Gasteiger partial charge is 0.291 e. The number of anilines is 1. The molecule has 0 spiro atoms. The minimum atomic E-state index is -0.337. The van der Waals surface area contributed by atoms with E-state index in [0.29, 0.717) is 39.8 Å². The molecule has 0 fully saturated rings. The second kappa shape index (κ2) is 9.15. The highest BCUT2D eigenvalue weighted by Crippen LogP contribution is 2.37. The second-order valence-electron chi connectivity index (χ2n) is 7.84. The third-order valence-corrected chi connectivity index (χ3v) is 7.10. The fraction of sp³-hybridized carbons (Fsp3) is 0.200. The summed E-state index contributed by atoms with van der Waals surface area (Å²) in [6.07, 6.45) is 3.53. The molecule has 1 aliphatic heterocycles. The van der Waals surface area contributed by atoms with Crippen LogP contribution in [-0.4, -0.2) is 33.7 Å². The summed E-state index contributed by atoms with van der Waals surface area (Å²) < 4.78 is 8.00. The molecule has 0 radical (unpaired) electrons. The lowest BCUT2D eigenvalue weighted by molar-refractivity contribution is -0.113. The first-order valence-electron chi connectivity index (χ1n) is 10.9. The summed E-state index contributed by atoms with van der Waals surface area (Å²) in [6, 6.07) is 13.1. The zero-order valence-corrected chi connectivity index (χ0v) is 20.9. The molecule has 4 aromatic rings. The topological polar surface area (TPSA) is 76.8 Å². The van der Waals surface area contributed by atoms with Gasteiger partial charge in [-0.3, -0.25) is 9.59 Å². The van der Waals surface area contributed by atoms with Gasteiger partial charge in [0.15, 0.2) is 5.82 Å². The summed E-state index contributed by atoms with van der Waals surface area (Å²) in [7, 11) is 0. The van der Waals surface area contributed by atoms with Crippen molar-refractivity contribution in [2.45, 2.75) is 19.8 Å².